The maximum Gasteiger partial charge on any atom is 0.233 e. The van der Waals surface area contributed by atoms with Crippen LogP contribution in [0.25, 0.3) is 0 Å². The first-order valence-electron chi connectivity index (χ1n) is 3.64. The van der Waals surface area contributed by atoms with Gasteiger partial charge in [-0.1, -0.05) is 0 Å². The van der Waals surface area contributed by atoms with Crippen LogP contribution in [0.5, 0.6) is 0 Å². The summed E-state index contributed by atoms with van der Waals surface area (Å²) in [5, 5.41) is 4.98. The number of nitrogens with two attached hydrogens (primary N) is 2. The highest BCUT2D eigenvalue weighted by molar-refractivity contribution is 5.85. The minimum absolute atomic E-state index is 0. The Labute approximate surface area is 95.0 Å². The normalized spacial score (nSPS) is 7.86. The van der Waals surface area contributed by atoms with Gasteiger partial charge >= 0.3 is 0 Å². The molecular formula is C6H16Cl2N4O2. The molecule has 0 aromatic heterocycles. The largest absolute Gasteiger partial charge is 0.353 e. The first-order valence-corrected chi connectivity index (χ1v) is 3.64. The van der Waals surface area contributed by atoms with Gasteiger partial charge in [0.25, 0.3) is 0 Å². The third-order valence-electron chi connectivity index (χ3n) is 1.14. The van der Waals surface area contributed by atoms with Crippen LogP contribution in [0, 0.1) is 0 Å². The van der Waals surface area contributed by atoms with E-state index in [1.54, 1.807) is 0 Å². The van der Waals surface area contributed by atoms with Crippen molar-refractivity contribution in [3.63, 3.8) is 0 Å². The van der Waals surface area contributed by atoms with Crippen molar-refractivity contribution in [2.45, 2.75) is 0 Å². The molecule has 0 aromatic rings. The number of hydrogen-bond acceptors (Lipinski definition) is 4. The van der Waals surface area contributed by atoms with E-state index in [1.807, 2.05) is 0 Å². The van der Waals surface area contributed by atoms with Crippen LogP contribution < -0.4 is 22.1 Å². The lowest BCUT2D eigenvalue weighted by atomic mass is 10.5. The van der Waals surface area contributed by atoms with Crippen molar-refractivity contribution in [2.24, 2.45) is 11.5 Å². The molecule has 0 saturated carbocycles. The van der Waals surface area contributed by atoms with Gasteiger partial charge in [0.05, 0.1) is 13.1 Å². The molecule has 6 nitrogen and oxygen atoms in total. The number of nitrogens with one attached hydrogen (secondary N) is 2. The van der Waals surface area contributed by atoms with Gasteiger partial charge in [0, 0.05) is 13.1 Å². The molecule has 0 rings (SSSR count). The van der Waals surface area contributed by atoms with Crippen LogP contribution in [-0.2, 0) is 9.59 Å². The molecular weight excluding hydrogens is 231 g/mol. The molecule has 8 heteroatoms. The molecule has 14 heavy (non-hydrogen) atoms. The van der Waals surface area contributed by atoms with Crippen LogP contribution in [0.4, 0.5) is 0 Å². The van der Waals surface area contributed by atoms with Gasteiger partial charge < -0.3 is 22.1 Å². The number of rotatable bonds is 5. The Bertz CT molecular complexity index is 150. The summed E-state index contributed by atoms with van der Waals surface area (Å²) in [6.07, 6.45) is 0. The average molecular weight is 247 g/mol. The molecule has 0 fully saturated rings. The Balaban J connectivity index is -0.000000605. The van der Waals surface area contributed by atoms with Gasteiger partial charge in [-0.25, -0.2) is 0 Å². The van der Waals surface area contributed by atoms with Crippen LogP contribution >= 0.6 is 24.8 Å². The second-order valence-electron chi connectivity index (χ2n) is 2.11. The number of halogens is 2. The summed E-state index contributed by atoms with van der Waals surface area (Å²) < 4.78 is 0. The Morgan fingerprint density at radius 3 is 1.36 bits per heavy atom. The summed E-state index contributed by atoms with van der Waals surface area (Å²) in [5.74, 6) is -0.478. The van der Waals surface area contributed by atoms with Crippen LogP contribution in [0.15, 0.2) is 0 Å². The molecule has 0 spiro atoms. The highest BCUT2D eigenvalue weighted by atomic mass is 35.5. The molecule has 0 atom stereocenters. The lowest BCUT2D eigenvalue weighted by molar-refractivity contribution is -0.121. The molecule has 0 aromatic carbocycles. The van der Waals surface area contributed by atoms with E-state index in [9.17, 15) is 9.59 Å². The van der Waals surface area contributed by atoms with Gasteiger partial charge in [0.2, 0.25) is 11.8 Å². The monoisotopic (exact) mass is 246 g/mol. The summed E-state index contributed by atoms with van der Waals surface area (Å²) in [5.41, 5.74) is 10.0. The maximum atomic E-state index is 10.6. The summed E-state index contributed by atoms with van der Waals surface area (Å²) in [6, 6.07) is 0. The predicted octanol–water partition coefficient (Wildman–Crippen LogP) is -2.02. The molecule has 0 radical (unpaired) electrons. The van der Waals surface area contributed by atoms with Gasteiger partial charge in [0.1, 0.15) is 0 Å². The fraction of sp³-hybridized carbons (Fsp3) is 0.667. The third-order valence-corrected chi connectivity index (χ3v) is 1.14. The first-order chi connectivity index (χ1) is 5.70. The lowest BCUT2D eigenvalue weighted by Gasteiger charge is -2.04. The molecule has 0 heterocycles. The van der Waals surface area contributed by atoms with Gasteiger partial charge in [0.15, 0.2) is 0 Å². The zero-order chi connectivity index (χ0) is 9.40. The van der Waals surface area contributed by atoms with Crippen LogP contribution in [0.1, 0.15) is 0 Å². The lowest BCUT2D eigenvalue weighted by Crippen LogP contribution is -2.39. The van der Waals surface area contributed by atoms with Gasteiger partial charge in [-0.15, -0.1) is 24.8 Å². The van der Waals surface area contributed by atoms with E-state index in [2.05, 4.69) is 10.6 Å². The fourth-order valence-corrected chi connectivity index (χ4v) is 0.548. The number of hydrogen-bond donors (Lipinski definition) is 4. The Morgan fingerprint density at radius 1 is 0.857 bits per heavy atom. The summed E-state index contributed by atoms with van der Waals surface area (Å²) in [6.45, 7) is 0.680. The maximum absolute atomic E-state index is 10.6. The van der Waals surface area contributed by atoms with Crippen molar-refractivity contribution < 1.29 is 9.59 Å². The minimum Gasteiger partial charge on any atom is -0.353 e. The molecule has 0 aliphatic rings. The van der Waals surface area contributed by atoms with Crippen molar-refractivity contribution in [3.05, 3.63) is 0 Å². The number of amides is 2. The zero-order valence-electron chi connectivity index (χ0n) is 7.62. The first kappa shape index (κ1) is 19.1. The van der Waals surface area contributed by atoms with E-state index in [0.717, 1.165) is 0 Å². The predicted molar refractivity (Wildman–Crippen MR) is 58.6 cm³/mol. The minimum atomic E-state index is -0.239. The van der Waals surface area contributed by atoms with Crippen molar-refractivity contribution in [2.75, 3.05) is 26.2 Å². The van der Waals surface area contributed by atoms with E-state index in [1.165, 1.54) is 0 Å². The molecule has 2 amide bonds. The van der Waals surface area contributed by atoms with E-state index in [-0.39, 0.29) is 49.7 Å². The van der Waals surface area contributed by atoms with Crippen LogP contribution in [0.2, 0.25) is 0 Å². The second-order valence-corrected chi connectivity index (χ2v) is 2.11. The van der Waals surface area contributed by atoms with Gasteiger partial charge in [-0.3, -0.25) is 9.59 Å². The van der Waals surface area contributed by atoms with E-state index < -0.39 is 0 Å². The molecule has 0 saturated heterocycles. The molecule has 0 aliphatic heterocycles. The van der Waals surface area contributed by atoms with Crippen molar-refractivity contribution >= 4 is 36.6 Å². The van der Waals surface area contributed by atoms with E-state index in [0.29, 0.717) is 13.1 Å². The fourth-order valence-electron chi connectivity index (χ4n) is 0.548. The van der Waals surface area contributed by atoms with Crippen molar-refractivity contribution in [1.29, 1.82) is 0 Å². The average Bonchev–Trinajstić information content (AvgIpc) is 2.11. The van der Waals surface area contributed by atoms with Crippen LogP contribution in [0.3, 0.4) is 0 Å². The van der Waals surface area contributed by atoms with Crippen molar-refractivity contribution in [1.82, 2.24) is 10.6 Å². The molecule has 86 valence electrons. The smallest absolute Gasteiger partial charge is 0.233 e. The zero-order valence-corrected chi connectivity index (χ0v) is 9.25. The number of carbonyl (C=O) groups excluding carboxylic acids is 2. The summed E-state index contributed by atoms with van der Waals surface area (Å²) in [4.78, 5) is 21.1. The molecule has 0 bridgehead atoms. The Kier molecular flexibility index (Phi) is 17.0. The van der Waals surface area contributed by atoms with Crippen LogP contribution in [-0.4, -0.2) is 38.0 Å². The molecule has 0 unspecified atom stereocenters. The van der Waals surface area contributed by atoms with Crippen molar-refractivity contribution in [3.8, 4) is 0 Å². The van der Waals surface area contributed by atoms with E-state index >= 15 is 0 Å². The highest BCUT2D eigenvalue weighted by Crippen LogP contribution is 1.62. The Hall–Kier alpha value is -0.560. The molecule has 6 N–H and O–H groups in total. The Morgan fingerprint density at radius 2 is 1.14 bits per heavy atom. The summed E-state index contributed by atoms with van der Waals surface area (Å²) in [7, 11) is 0. The summed E-state index contributed by atoms with van der Waals surface area (Å²) >= 11 is 0. The van der Waals surface area contributed by atoms with Gasteiger partial charge in [-0.05, 0) is 0 Å². The highest BCUT2D eigenvalue weighted by Gasteiger charge is 1.97. The second kappa shape index (κ2) is 12.4. The third kappa shape index (κ3) is 11.4. The number of carbonyl (C=O) groups is 2. The standard InChI is InChI=1S/C6H14N4O2.2ClH/c7-3-5(11)9-1-2-10-6(12)4-8;;/h1-4,7-8H2,(H,9,11)(H,10,12);2*1H. The SMILES string of the molecule is Cl.Cl.NCC(=O)NCCNC(=O)CN. The van der Waals surface area contributed by atoms with Gasteiger partial charge in [-0.2, -0.15) is 0 Å². The topological polar surface area (TPSA) is 110 Å². The van der Waals surface area contributed by atoms with E-state index in [4.69, 9.17) is 11.5 Å². The quantitative estimate of drug-likeness (QED) is 0.420. The molecule has 0 aliphatic carbocycles.